The number of rotatable bonds is 7. The molecule has 0 aliphatic rings. The second-order valence-electron chi connectivity index (χ2n) is 6.40. The molecule has 0 aromatic heterocycles. The maximum Gasteiger partial charge on any atom is 0.323 e. The molecule has 0 aliphatic carbocycles. The smallest absolute Gasteiger partial charge is 0.323 e. The fraction of sp³-hybridized carbons (Fsp3) is 0.0952. The van der Waals surface area contributed by atoms with E-state index in [0.717, 1.165) is 0 Å². The Morgan fingerprint density at radius 3 is 2.12 bits per heavy atom. The molecule has 3 aromatic carbocycles. The number of anilines is 3. The largest absolute Gasteiger partial charge is 0.497 e. The van der Waals surface area contributed by atoms with E-state index < -0.39 is 16.1 Å². The quantitative estimate of drug-likeness (QED) is 0.403. The van der Waals surface area contributed by atoms with Crippen molar-refractivity contribution in [2.24, 2.45) is 0 Å². The van der Waals surface area contributed by atoms with Crippen LogP contribution in [0.15, 0.2) is 65.6 Å². The van der Waals surface area contributed by atoms with Gasteiger partial charge in [0.15, 0.2) is 0 Å². The van der Waals surface area contributed by atoms with E-state index in [2.05, 4.69) is 15.4 Å². The number of carbonyl (C=O) groups excluding carboxylic acids is 1. The molecule has 2 amide bonds. The lowest BCUT2D eigenvalue weighted by atomic mass is 10.3. The molecule has 0 radical (unpaired) electrons. The number of hydrogen-bond acceptors (Lipinski definition) is 5. The van der Waals surface area contributed by atoms with Crippen LogP contribution < -0.4 is 24.8 Å². The van der Waals surface area contributed by atoms with Gasteiger partial charge < -0.3 is 20.1 Å². The topological polar surface area (TPSA) is 106 Å². The number of urea groups is 1. The lowest BCUT2D eigenvalue weighted by Crippen LogP contribution is -2.20. The molecule has 11 heteroatoms. The molecule has 0 heterocycles. The van der Waals surface area contributed by atoms with Gasteiger partial charge in [-0.15, -0.1) is 0 Å². The van der Waals surface area contributed by atoms with Gasteiger partial charge in [0.2, 0.25) is 0 Å². The lowest BCUT2D eigenvalue weighted by molar-refractivity contribution is 0.262. The highest BCUT2D eigenvalue weighted by atomic mass is 35.5. The number of hydrogen-bond donors (Lipinski definition) is 3. The summed E-state index contributed by atoms with van der Waals surface area (Å²) in [6, 6.07) is 14.5. The molecule has 0 bridgehead atoms. The number of carbonyl (C=O) groups is 1. The number of methoxy groups -OCH3 is 2. The van der Waals surface area contributed by atoms with Crippen LogP contribution in [-0.4, -0.2) is 28.7 Å². The standard InChI is InChI=1S/C21H19Cl2N3O5S/c1-30-15-6-3-13(4-7-15)26-32(28,29)16-8-10-20(31-2)19(12-16)25-21(27)24-14-5-9-17(22)18(23)11-14/h3-12,26H,1-2H3,(H2,24,25,27). The minimum absolute atomic E-state index is 0.0704. The molecule has 0 aliphatic heterocycles. The van der Waals surface area contributed by atoms with Crippen LogP contribution in [0.1, 0.15) is 0 Å². The minimum Gasteiger partial charge on any atom is -0.497 e. The normalized spacial score (nSPS) is 10.9. The van der Waals surface area contributed by atoms with Crippen LogP contribution in [0.25, 0.3) is 0 Å². The summed E-state index contributed by atoms with van der Waals surface area (Å²) < 4.78 is 38.4. The Kier molecular flexibility index (Phi) is 7.34. The van der Waals surface area contributed by atoms with Crippen molar-refractivity contribution >= 4 is 56.3 Å². The summed E-state index contributed by atoms with van der Waals surface area (Å²) in [6.45, 7) is 0. The number of halogens is 2. The van der Waals surface area contributed by atoms with Crippen molar-refractivity contribution in [2.75, 3.05) is 29.6 Å². The molecule has 0 atom stereocenters. The average Bonchev–Trinajstić information content (AvgIpc) is 2.76. The van der Waals surface area contributed by atoms with E-state index in [1.807, 2.05) is 0 Å². The molecule has 0 unspecified atom stereocenters. The third-order valence-electron chi connectivity index (χ3n) is 4.25. The number of sulfonamides is 1. The monoisotopic (exact) mass is 495 g/mol. The van der Waals surface area contributed by atoms with Crippen molar-refractivity contribution in [3.8, 4) is 11.5 Å². The molecule has 168 valence electrons. The van der Waals surface area contributed by atoms with Gasteiger partial charge in [-0.2, -0.15) is 0 Å². The molecule has 32 heavy (non-hydrogen) atoms. The van der Waals surface area contributed by atoms with Gasteiger partial charge in [0.05, 0.1) is 34.8 Å². The van der Waals surface area contributed by atoms with Crippen LogP contribution >= 0.6 is 23.2 Å². The molecular weight excluding hydrogens is 477 g/mol. The molecular formula is C21H19Cl2N3O5S. The first-order valence-electron chi connectivity index (χ1n) is 9.10. The van der Waals surface area contributed by atoms with Crippen molar-refractivity contribution in [3.05, 3.63) is 70.7 Å². The minimum atomic E-state index is -3.94. The molecule has 8 nitrogen and oxygen atoms in total. The van der Waals surface area contributed by atoms with Gasteiger partial charge in [0.25, 0.3) is 10.0 Å². The zero-order valence-electron chi connectivity index (χ0n) is 17.0. The third-order valence-corrected chi connectivity index (χ3v) is 6.37. The summed E-state index contributed by atoms with van der Waals surface area (Å²) >= 11 is 11.8. The summed E-state index contributed by atoms with van der Waals surface area (Å²) in [5.74, 6) is 0.870. The van der Waals surface area contributed by atoms with Crippen LogP contribution in [0.2, 0.25) is 10.0 Å². The SMILES string of the molecule is COc1ccc(NS(=O)(=O)c2ccc(OC)c(NC(=O)Nc3ccc(Cl)c(Cl)c3)c2)cc1. The van der Waals surface area contributed by atoms with E-state index in [0.29, 0.717) is 22.1 Å². The van der Waals surface area contributed by atoms with E-state index in [-0.39, 0.29) is 21.4 Å². The summed E-state index contributed by atoms with van der Waals surface area (Å²) in [7, 11) is -1.02. The first kappa shape index (κ1) is 23.5. The second kappa shape index (κ2) is 9.99. The average molecular weight is 496 g/mol. The van der Waals surface area contributed by atoms with Crippen molar-refractivity contribution in [2.45, 2.75) is 4.90 Å². The van der Waals surface area contributed by atoms with E-state index in [1.54, 1.807) is 30.3 Å². The number of ether oxygens (including phenoxy) is 2. The number of amides is 2. The molecule has 0 fully saturated rings. The summed E-state index contributed by atoms with van der Waals surface area (Å²) in [5, 5.41) is 5.79. The summed E-state index contributed by atoms with van der Waals surface area (Å²) in [4.78, 5) is 12.4. The second-order valence-corrected chi connectivity index (χ2v) is 8.90. The van der Waals surface area contributed by atoms with Gasteiger partial charge in [-0.3, -0.25) is 4.72 Å². The Morgan fingerprint density at radius 2 is 1.50 bits per heavy atom. The van der Waals surface area contributed by atoms with Crippen molar-refractivity contribution in [1.82, 2.24) is 0 Å². The van der Waals surface area contributed by atoms with Crippen LogP contribution in [0.4, 0.5) is 21.9 Å². The van der Waals surface area contributed by atoms with Crippen molar-refractivity contribution in [3.63, 3.8) is 0 Å². The summed E-state index contributed by atoms with van der Waals surface area (Å²) in [6.07, 6.45) is 0. The Hall–Kier alpha value is -3.14. The molecule has 3 aromatic rings. The highest BCUT2D eigenvalue weighted by Gasteiger charge is 2.18. The van der Waals surface area contributed by atoms with Crippen LogP contribution in [0.3, 0.4) is 0 Å². The Bertz CT molecular complexity index is 1230. The maximum absolute atomic E-state index is 12.8. The Balaban J connectivity index is 1.80. The molecule has 0 saturated carbocycles. The zero-order valence-corrected chi connectivity index (χ0v) is 19.3. The maximum atomic E-state index is 12.8. The van der Waals surface area contributed by atoms with Crippen LogP contribution in [0.5, 0.6) is 11.5 Å². The van der Waals surface area contributed by atoms with E-state index >= 15 is 0 Å². The first-order valence-corrected chi connectivity index (χ1v) is 11.3. The highest BCUT2D eigenvalue weighted by molar-refractivity contribution is 7.92. The Labute approximate surface area is 195 Å². The van der Waals surface area contributed by atoms with Gasteiger partial charge in [-0.05, 0) is 60.7 Å². The predicted octanol–water partition coefficient (Wildman–Crippen LogP) is 5.46. The summed E-state index contributed by atoms with van der Waals surface area (Å²) in [5.41, 5.74) is 0.914. The Morgan fingerprint density at radius 1 is 0.812 bits per heavy atom. The number of nitrogens with one attached hydrogen (secondary N) is 3. The van der Waals surface area contributed by atoms with Crippen molar-refractivity contribution in [1.29, 1.82) is 0 Å². The predicted molar refractivity (Wildman–Crippen MR) is 126 cm³/mol. The first-order chi connectivity index (χ1) is 15.2. The van der Waals surface area contributed by atoms with Gasteiger partial charge in [-0.1, -0.05) is 23.2 Å². The fourth-order valence-corrected chi connectivity index (χ4v) is 4.07. The molecule has 3 N–H and O–H groups in total. The molecule has 0 spiro atoms. The van der Waals surface area contributed by atoms with Crippen LogP contribution in [0, 0.1) is 0 Å². The van der Waals surface area contributed by atoms with Gasteiger partial charge >= 0.3 is 6.03 Å². The fourth-order valence-electron chi connectivity index (χ4n) is 2.68. The van der Waals surface area contributed by atoms with E-state index in [1.165, 1.54) is 44.6 Å². The third kappa shape index (κ3) is 5.76. The highest BCUT2D eigenvalue weighted by Crippen LogP contribution is 2.30. The van der Waals surface area contributed by atoms with E-state index in [4.69, 9.17) is 32.7 Å². The van der Waals surface area contributed by atoms with Gasteiger partial charge in [0, 0.05) is 11.4 Å². The van der Waals surface area contributed by atoms with Gasteiger partial charge in [0.1, 0.15) is 11.5 Å². The lowest BCUT2D eigenvalue weighted by Gasteiger charge is -2.14. The zero-order chi connectivity index (χ0) is 23.3. The van der Waals surface area contributed by atoms with Crippen LogP contribution in [-0.2, 0) is 10.0 Å². The number of benzene rings is 3. The molecule has 3 rings (SSSR count). The van der Waals surface area contributed by atoms with Gasteiger partial charge in [-0.25, -0.2) is 13.2 Å². The van der Waals surface area contributed by atoms with Crippen molar-refractivity contribution < 1.29 is 22.7 Å². The molecule has 0 saturated heterocycles. The van der Waals surface area contributed by atoms with E-state index in [9.17, 15) is 13.2 Å².